The number of hydrogen-bond donors (Lipinski definition) is 1. The van der Waals surface area contributed by atoms with Gasteiger partial charge in [0.15, 0.2) is 0 Å². The van der Waals surface area contributed by atoms with Gasteiger partial charge in [0.1, 0.15) is 12.2 Å². The highest BCUT2D eigenvalue weighted by molar-refractivity contribution is 5.95. The Kier molecular flexibility index (Phi) is 3.89. The molecule has 8 heteroatoms. The molecule has 0 aromatic carbocycles. The first-order valence-corrected chi connectivity index (χ1v) is 4.73. The van der Waals surface area contributed by atoms with Gasteiger partial charge in [0.2, 0.25) is 0 Å². The number of carboxylic acids is 1. The second-order valence-electron chi connectivity index (χ2n) is 3.45. The molecule has 0 radical (unpaired) electrons. The van der Waals surface area contributed by atoms with Gasteiger partial charge in [-0.25, -0.2) is 0 Å². The van der Waals surface area contributed by atoms with Gasteiger partial charge >= 0.3 is 12.1 Å². The fourth-order valence-electron chi connectivity index (χ4n) is 1.26. The van der Waals surface area contributed by atoms with E-state index in [9.17, 15) is 22.8 Å². The molecule has 5 nitrogen and oxygen atoms in total. The summed E-state index contributed by atoms with van der Waals surface area (Å²) in [5.41, 5.74) is -2.00. The SMILES string of the molecule is CN(CC(=O)O)C(=O)c1ncccc1C(F)(F)F. The number of alkyl halides is 3. The van der Waals surface area contributed by atoms with Gasteiger partial charge in [-0.2, -0.15) is 13.2 Å². The number of carbonyl (C=O) groups excluding carboxylic acids is 1. The molecule has 18 heavy (non-hydrogen) atoms. The molecule has 0 fully saturated rings. The highest BCUT2D eigenvalue weighted by Gasteiger charge is 2.36. The van der Waals surface area contributed by atoms with Gasteiger partial charge in [-0.05, 0) is 12.1 Å². The van der Waals surface area contributed by atoms with E-state index in [0.717, 1.165) is 25.4 Å². The molecule has 98 valence electrons. The molecule has 1 amide bonds. The third kappa shape index (κ3) is 3.19. The monoisotopic (exact) mass is 262 g/mol. The average Bonchev–Trinajstić information content (AvgIpc) is 2.26. The number of carboxylic acid groups (broad SMARTS) is 1. The van der Waals surface area contributed by atoms with Crippen molar-refractivity contribution in [3.63, 3.8) is 0 Å². The number of halogens is 3. The topological polar surface area (TPSA) is 70.5 Å². The fourth-order valence-corrected chi connectivity index (χ4v) is 1.26. The lowest BCUT2D eigenvalue weighted by Gasteiger charge is -2.17. The quantitative estimate of drug-likeness (QED) is 0.890. The van der Waals surface area contributed by atoms with Crippen molar-refractivity contribution < 1.29 is 27.9 Å². The molecule has 0 bridgehead atoms. The summed E-state index contributed by atoms with van der Waals surface area (Å²) in [7, 11) is 1.09. The molecule has 1 rings (SSSR count). The van der Waals surface area contributed by atoms with Crippen LogP contribution in [0.1, 0.15) is 16.1 Å². The van der Waals surface area contributed by atoms with Crippen LogP contribution >= 0.6 is 0 Å². The molecule has 1 heterocycles. The van der Waals surface area contributed by atoms with Crippen LogP contribution < -0.4 is 0 Å². The number of hydrogen-bond acceptors (Lipinski definition) is 3. The molecule has 1 N–H and O–H groups in total. The lowest BCUT2D eigenvalue weighted by molar-refractivity contribution is -0.138. The summed E-state index contributed by atoms with van der Waals surface area (Å²) in [6.07, 6.45) is -3.68. The molecule has 0 aliphatic heterocycles. The third-order valence-corrected chi connectivity index (χ3v) is 2.03. The predicted octanol–water partition coefficient (Wildman–Crippen LogP) is 1.26. The van der Waals surface area contributed by atoms with Crippen LogP contribution in [0.4, 0.5) is 13.2 Å². The van der Waals surface area contributed by atoms with Crippen LogP contribution in [0.2, 0.25) is 0 Å². The van der Waals surface area contributed by atoms with Gasteiger partial charge in [-0.15, -0.1) is 0 Å². The first kappa shape index (κ1) is 13.9. The largest absolute Gasteiger partial charge is 0.480 e. The van der Waals surface area contributed by atoms with Crippen LogP contribution in [0.5, 0.6) is 0 Å². The minimum Gasteiger partial charge on any atom is -0.480 e. The van der Waals surface area contributed by atoms with Gasteiger partial charge in [-0.3, -0.25) is 14.6 Å². The van der Waals surface area contributed by atoms with Crippen molar-refractivity contribution in [1.82, 2.24) is 9.88 Å². The van der Waals surface area contributed by atoms with Crippen molar-refractivity contribution >= 4 is 11.9 Å². The maximum absolute atomic E-state index is 12.6. The van der Waals surface area contributed by atoms with Gasteiger partial charge in [0.05, 0.1) is 5.56 Å². The smallest absolute Gasteiger partial charge is 0.418 e. The van der Waals surface area contributed by atoms with Gasteiger partial charge < -0.3 is 10.0 Å². The summed E-state index contributed by atoms with van der Waals surface area (Å²) in [6, 6.07) is 1.77. The van der Waals surface area contributed by atoms with Crippen LogP contribution in [-0.4, -0.2) is 40.5 Å². The predicted molar refractivity (Wildman–Crippen MR) is 53.8 cm³/mol. The van der Waals surface area contributed by atoms with E-state index in [1.54, 1.807) is 0 Å². The van der Waals surface area contributed by atoms with Crippen LogP contribution in [-0.2, 0) is 11.0 Å². The summed E-state index contributed by atoms with van der Waals surface area (Å²) in [6.45, 7) is -0.702. The number of aromatic nitrogens is 1. The third-order valence-electron chi connectivity index (χ3n) is 2.03. The number of nitrogens with zero attached hydrogens (tertiary/aromatic N) is 2. The lowest BCUT2D eigenvalue weighted by Crippen LogP contribution is -2.34. The number of rotatable bonds is 3. The number of likely N-dealkylation sites (N-methyl/N-ethyl adjacent to an activating group) is 1. The van der Waals surface area contributed by atoms with Crippen molar-refractivity contribution in [3.05, 3.63) is 29.6 Å². The van der Waals surface area contributed by atoms with E-state index in [-0.39, 0.29) is 0 Å². The summed E-state index contributed by atoms with van der Waals surface area (Å²) in [4.78, 5) is 26.1. The summed E-state index contributed by atoms with van der Waals surface area (Å²) in [5.74, 6) is -2.42. The molecule has 0 aliphatic carbocycles. The Labute approximate surface area is 99.8 Å². The fraction of sp³-hybridized carbons (Fsp3) is 0.300. The first-order valence-electron chi connectivity index (χ1n) is 4.73. The van der Waals surface area contributed by atoms with Crippen LogP contribution in [0.15, 0.2) is 18.3 Å². The number of carbonyl (C=O) groups is 2. The Morgan fingerprint density at radius 3 is 2.56 bits per heavy atom. The van der Waals surface area contributed by atoms with Gasteiger partial charge in [0, 0.05) is 13.2 Å². The Bertz CT molecular complexity index is 474. The number of aliphatic carboxylic acids is 1. The maximum Gasteiger partial charge on any atom is 0.418 e. The average molecular weight is 262 g/mol. The molecule has 0 atom stereocenters. The van der Waals surface area contributed by atoms with E-state index >= 15 is 0 Å². The van der Waals surface area contributed by atoms with Gasteiger partial charge in [0.25, 0.3) is 5.91 Å². The molecular weight excluding hydrogens is 253 g/mol. The summed E-state index contributed by atoms with van der Waals surface area (Å²) >= 11 is 0. The minimum atomic E-state index is -4.72. The first-order chi connectivity index (χ1) is 8.23. The van der Waals surface area contributed by atoms with Crippen molar-refractivity contribution in [2.24, 2.45) is 0 Å². The highest BCUT2D eigenvalue weighted by Crippen LogP contribution is 2.31. The second-order valence-corrected chi connectivity index (χ2v) is 3.45. The summed E-state index contributed by atoms with van der Waals surface area (Å²) in [5, 5.41) is 8.47. The maximum atomic E-state index is 12.6. The molecule has 1 aromatic heterocycles. The molecule has 0 aliphatic rings. The van der Waals surface area contributed by atoms with E-state index in [1.165, 1.54) is 0 Å². The van der Waals surface area contributed by atoms with Crippen molar-refractivity contribution in [2.75, 3.05) is 13.6 Å². The van der Waals surface area contributed by atoms with E-state index in [2.05, 4.69) is 4.98 Å². The zero-order valence-electron chi connectivity index (χ0n) is 9.23. The molecule has 0 saturated carbocycles. The Hall–Kier alpha value is -2.12. The second kappa shape index (κ2) is 5.03. The Morgan fingerprint density at radius 1 is 1.44 bits per heavy atom. The van der Waals surface area contributed by atoms with E-state index in [1.807, 2.05) is 0 Å². The van der Waals surface area contributed by atoms with Gasteiger partial charge in [-0.1, -0.05) is 0 Å². The lowest BCUT2D eigenvalue weighted by atomic mass is 10.1. The van der Waals surface area contributed by atoms with Crippen LogP contribution in [0.3, 0.4) is 0 Å². The standard InChI is InChI=1S/C10H9F3N2O3/c1-15(5-7(16)17)9(18)8-6(10(11,12)13)3-2-4-14-8/h2-4H,5H2,1H3,(H,16,17). The zero-order chi connectivity index (χ0) is 13.9. The molecule has 0 saturated heterocycles. The van der Waals surface area contributed by atoms with E-state index in [0.29, 0.717) is 4.90 Å². The molecule has 1 aromatic rings. The molecule has 0 spiro atoms. The number of pyridine rings is 1. The summed E-state index contributed by atoms with van der Waals surface area (Å²) < 4.78 is 37.8. The number of amides is 1. The highest BCUT2D eigenvalue weighted by atomic mass is 19.4. The van der Waals surface area contributed by atoms with E-state index in [4.69, 9.17) is 5.11 Å². The zero-order valence-corrected chi connectivity index (χ0v) is 9.23. The van der Waals surface area contributed by atoms with Crippen molar-refractivity contribution in [2.45, 2.75) is 6.18 Å². The van der Waals surface area contributed by atoms with Crippen molar-refractivity contribution in [3.8, 4) is 0 Å². The van der Waals surface area contributed by atoms with Crippen molar-refractivity contribution in [1.29, 1.82) is 0 Å². The minimum absolute atomic E-state index is 0.653. The van der Waals surface area contributed by atoms with E-state index < -0.39 is 35.9 Å². The van der Waals surface area contributed by atoms with Crippen LogP contribution in [0.25, 0.3) is 0 Å². The Balaban J connectivity index is 3.10. The van der Waals surface area contributed by atoms with Crippen LogP contribution in [0, 0.1) is 0 Å². The molecular formula is C10H9F3N2O3. The molecule has 0 unspecified atom stereocenters. The Morgan fingerprint density at radius 2 is 2.06 bits per heavy atom. The normalized spacial score (nSPS) is 11.1.